The summed E-state index contributed by atoms with van der Waals surface area (Å²) in [7, 11) is 0. The Balaban J connectivity index is 0. The second-order valence-electron chi connectivity index (χ2n) is 0. The van der Waals surface area contributed by atoms with Crippen LogP contribution in [0.2, 0.25) is 0 Å². The fourth-order valence-electron chi connectivity index (χ4n) is 0. The molecule has 0 bridgehead atoms. The van der Waals surface area contributed by atoms with E-state index in [2.05, 4.69) is 0 Å². The number of hydrogen-bond donors (Lipinski definition) is 1. The molecule has 0 rings (SSSR count). The second-order valence-corrected chi connectivity index (χ2v) is 0. The van der Waals surface area contributed by atoms with E-state index in [1.54, 1.807) is 0 Å². The van der Waals surface area contributed by atoms with E-state index in [4.69, 9.17) is 0 Å². The van der Waals surface area contributed by atoms with Crippen LogP contribution in [0.1, 0.15) is 0 Å². The average molecular weight is 329 g/mol. The molecule has 0 heterocycles. The van der Waals surface area contributed by atoms with Gasteiger partial charge < -0.3 is 6.15 Å². The predicted molar refractivity (Wildman–Crippen MR) is 16.4 cm³/mol. The Labute approximate surface area is 59.1 Å². The van der Waals surface area contributed by atoms with Crippen molar-refractivity contribution in [3.05, 3.63) is 0 Å². The first-order chi connectivity index (χ1) is 0. The van der Waals surface area contributed by atoms with E-state index in [0.717, 1.165) is 0 Å². The van der Waals surface area contributed by atoms with Gasteiger partial charge in [-0.05, 0) is 11.0 Å². The topological polar surface area (TPSA) is 35.0 Å². The third-order valence-corrected chi connectivity index (χ3v) is 0. The van der Waals surface area contributed by atoms with Crippen molar-refractivity contribution in [3.63, 3.8) is 0 Å². The quantitative estimate of drug-likeness (QED) is 0.552. The van der Waals surface area contributed by atoms with Crippen molar-refractivity contribution in [2.45, 2.75) is 0 Å². The summed E-state index contributed by atoms with van der Waals surface area (Å²) in [6, 6.07) is 0. The Morgan fingerprint density at radius 2 is 1.00 bits per heavy atom. The molecule has 0 aliphatic carbocycles. The van der Waals surface area contributed by atoms with Crippen LogP contribution in [0.3, 0.4) is 0 Å². The predicted octanol–water partition coefficient (Wildman–Crippen LogP) is -1.29. The van der Waals surface area contributed by atoms with Gasteiger partial charge in [-0.25, -0.2) is 0 Å². The van der Waals surface area contributed by atoms with Crippen molar-refractivity contribution >= 4 is 11.0 Å². The largest absolute Gasteiger partial charge is 0.344 e. The molecule has 0 amide bonds. The minimum atomic E-state index is 0. The van der Waals surface area contributed by atoms with Crippen molar-refractivity contribution < 1.29 is 42.1 Å². The maximum absolute atomic E-state index is 0. The van der Waals surface area contributed by atoms with Crippen molar-refractivity contribution in [1.82, 2.24) is 6.15 Å². The molecule has 0 aromatic rings. The fraction of sp³-hybridized carbons (Fsp3) is 0. The monoisotopic (exact) mass is 331 g/mol. The maximum Gasteiger partial charge on any atom is 0 e. The van der Waals surface area contributed by atoms with Crippen LogP contribution in [-0.4, -0.2) is 11.0 Å². The summed E-state index contributed by atoms with van der Waals surface area (Å²) < 4.78 is 0. The second kappa shape index (κ2) is 23.8. The minimum absolute atomic E-state index is 0. The molecule has 3 N–H and O–H groups in total. The van der Waals surface area contributed by atoms with Crippen LogP contribution < -0.4 is 6.15 Å². The van der Waals surface area contributed by atoms with Crippen molar-refractivity contribution in [2.24, 2.45) is 0 Å². The van der Waals surface area contributed by atoms with E-state index >= 15 is 0 Å². The molecule has 4 heavy (non-hydrogen) atoms. The standard InChI is InChI=1S/Mo.H3N.H4Si.W/h;1H3;1H4;. The summed E-state index contributed by atoms with van der Waals surface area (Å²) in [5.74, 6) is 0. The van der Waals surface area contributed by atoms with Gasteiger partial charge >= 0.3 is 0 Å². The van der Waals surface area contributed by atoms with Crippen molar-refractivity contribution in [3.8, 4) is 0 Å². The smallest absolute Gasteiger partial charge is 0 e. The van der Waals surface area contributed by atoms with E-state index < -0.39 is 0 Å². The maximum atomic E-state index is 0. The molecule has 0 fully saturated rings. The molecule has 0 saturated heterocycles. The molecule has 0 aromatic heterocycles. The molecule has 0 unspecified atom stereocenters. The molecule has 0 saturated carbocycles. The summed E-state index contributed by atoms with van der Waals surface area (Å²) in [5.41, 5.74) is 0. The summed E-state index contributed by atoms with van der Waals surface area (Å²) in [6.45, 7) is 0. The van der Waals surface area contributed by atoms with Gasteiger partial charge in [0.1, 0.15) is 0 Å². The van der Waals surface area contributed by atoms with Crippen LogP contribution in [0.5, 0.6) is 0 Å². The van der Waals surface area contributed by atoms with E-state index in [1.807, 2.05) is 0 Å². The van der Waals surface area contributed by atoms with Crippen LogP contribution in [0.25, 0.3) is 0 Å². The first kappa shape index (κ1) is 47.7. The Kier molecular flexibility index (Phi) is 284. The van der Waals surface area contributed by atoms with Crippen LogP contribution in [0, 0.1) is 0 Å². The number of rotatable bonds is 0. The normalized spacial score (nSPS) is 0. The van der Waals surface area contributed by atoms with Crippen LogP contribution in [-0.2, 0) is 42.1 Å². The number of hydrogen-bond acceptors (Lipinski definition) is 1. The van der Waals surface area contributed by atoms with Gasteiger partial charge in [0, 0.05) is 42.1 Å². The average Bonchev–Trinajstić information content (AvgIpc) is 0. The molecule has 0 aliphatic heterocycles. The zero-order chi connectivity index (χ0) is 0. The first-order valence-electron chi connectivity index (χ1n) is 0. The Bertz CT molecular complexity index is 8.00. The molecule has 0 radical (unpaired) electrons. The van der Waals surface area contributed by atoms with E-state index in [0.29, 0.717) is 0 Å². The van der Waals surface area contributed by atoms with Gasteiger partial charge in [-0.15, -0.1) is 0 Å². The molecular formula is H7MoNSiW. The Hall–Kier alpha value is 1.55. The van der Waals surface area contributed by atoms with Crippen LogP contribution in [0.15, 0.2) is 0 Å². The Morgan fingerprint density at radius 3 is 1.00 bits per heavy atom. The first-order valence-corrected chi connectivity index (χ1v) is 0. The zero-order valence-corrected chi connectivity index (χ0v) is 6.46. The van der Waals surface area contributed by atoms with Crippen molar-refractivity contribution in [2.75, 3.05) is 0 Å². The summed E-state index contributed by atoms with van der Waals surface area (Å²) in [4.78, 5) is 0. The molecule has 28 valence electrons. The van der Waals surface area contributed by atoms with Crippen LogP contribution >= 0.6 is 0 Å². The van der Waals surface area contributed by atoms with Gasteiger partial charge in [0.2, 0.25) is 0 Å². The molecule has 0 spiro atoms. The molecule has 0 atom stereocenters. The van der Waals surface area contributed by atoms with Crippen LogP contribution in [0.4, 0.5) is 0 Å². The van der Waals surface area contributed by atoms with Gasteiger partial charge in [0.25, 0.3) is 0 Å². The Morgan fingerprint density at radius 1 is 1.00 bits per heavy atom. The minimum Gasteiger partial charge on any atom is -0.344 e. The molecule has 0 aromatic carbocycles. The van der Waals surface area contributed by atoms with E-state index in [9.17, 15) is 0 Å². The summed E-state index contributed by atoms with van der Waals surface area (Å²) in [6.07, 6.45) is 0. The molecule has 0 aliphatic rings. The third kappa shape index (κ3) is 9.60. The molecule has 1 nitrogen and oxygen atoms in total. The van der Waals surface area contributed by atoms with E-state index in [-0.39, 0.29) is 59.2 Å². The molecular weight excluding hydrogens is 322 g/mol. The van der Waals surface area contributed by atoms with Crippen molar-refractivity contribution in [1.29, 1.82) is 0 Å². The van der Waals surface area contributed by atoms with Gasteiger partial charge in [0.05, 0.1) is 0 Å². The molecule has 4 heteroatoms. The van der Waals surface area contributed by atoms with Gasteiger partial charge in [-0.1, -0.05) is 0 Å². The third-order valence-electron chi connectivity index (χ3n) is 0. The fourth-order valence-corrected chi connectivity index (χ4v) is 0. The zero-order valence-electron chi connectivity index (χ0n) is 1.52. The summed E-state index contributed by atoms with van der Waals surface area (Å²) in [5, 5.41) is 0. The SMILES string of the molecule is N.[Mo].[SiH4].[W]. The van der Waals surface area contributed by atoms with Gasteiger partial charge in [0.15, 0.2) is 0 Å². The van der Waals surface area contributed by atoms with E-state index in [1.165, 1.54) is 0 Å². The van der Waals surface area contributed by atoms with Gasteiger partial charge in [-0.2, -0.15) is 0 Å². The summed E-state index contributed by atoms with van der Waals surface area (Å²) >= 11 is 0. The van der Waals surface area contributed by atoms with Gasteiger partial charge in [-0.3, -0.25) is 0 Å².